The lowest BCUT2D eigenvalue weighted by molar-refractivity contribution is -0.123. The molecule has 106 valence electrons. The third-order valence-electron chi connectivity index (χ3n) is 2.71. The summed E-state index contributed by atoms with van der Waals surface area (Å²) in [5.41, 5.74) is 1.44. The molecular weight excluding hydrogens is 286 g/mol. The minimum Gasteiger partial charge on any atom is -0.325 e. The average Bonchev–Trinajstić information content (AvgIpc) is 2.19. The van der Waals surface area contributed by atoms with Crippen molar-refractivity contribution in [3.8, 4) is 0 Å². The van der Waals surface area contributed by atoms with E-state index >= 15 is 0 Å². The number of aryl methyl sites for hydroxylation is 2. The highest BCUT2D eigenvalue weighted by molar-refractivity contribution is 8.13. The summed E-state index contributed by atoms with van der Waals surface area (Å²) >= 11 is 0. The van der Waals surface area contributed by atoms with E-state index < -0.39 is 14.5 Å². The number of nitrogens with one attached hydrogen (secondary N) is 1. The average molecular weight is 304 g/mol. The van der Waals surface area contributed by atoms with E-state index in [1.807, 2.05) is 20.8 Å². The maximum absolute atomic E-state index is 12.0. The predicted molar refractivity (Wildman–Crippen MR) is 77.0 cm³/mol. The van der Waals surface area contributed by atoms with Crippen molar-refractivity contribution in [3.05, 3.63) is 23.3 Å². The van der Waals surface area contributed by atoms with Crippen LogP contribution in [-0.2, 0) is 13.8 Å². The smallest absolute Gasteiger partial charge is 0.261 e. The molecule has 6 heteroatoms. The molecule has 1 amide bonds. The number of carbonyl (C=O) groups is 1. The van der Waals surface area contributed by atoms with Crippen LogP contribution in [0.3, 0.4) is 0 Å². The number of halogens is 1. The maximum atomic E-state index is 12.0. The molecule has 1 aromatic rings. The van der Waals surface area contributed by atoms with Gasteiger partial charge in [0.2, 0.25) is 5.91 Å². The third-order valence-corrected chi connectivity index (χ3v) is 4.04. The Labute approximate surface area is 118 Å². The molecule has 19 heavy (non-hydrogen) atoms. The molecule has 1 N–H and O–H groups in total. The fourth-order valence-electron chi connectivity index (χ4n) is 1.56. The molecule has 0 saturated heterocycles. The Bertz CT molecular complexity index is 592. The van der Waals surface area contributed by atoms with Gasteiger partial charge >= 0.3 is 0 Å². The molecular formula is C13H18ClNO3S. The van der Waals surface area contributed by atoms with Crippen LogP contribution in [0.1, 0.15) is 31.9 Å². The normalized spacial score (nSPS) is 12.3. The highest BCUT2D eigenvalue weighted by Gasteiger charge is 2.23. The molecule has 0 unspecified atom stereocenters. The summed E-state index contributed by atoms with van der Waals surface area (Å²) in [5, 5.41) is 2.82. The molecule has 0 aliphatic heterocycles. The highest BCUT2D eigenvalue weighted by atomic mass is 35.7. The molecule has 4 nitrogen and oxygen atoms in total. The topological polar surface area (TPSA) is 63.2 Å². The highest BCUT2D eigenvalue weighted by Crippen LogP contribution is 2.28. The molecule has 0 fully saturated rings. The Morgan fingerprint density at radius 3 is 1.89 bits per heavy atom. The van der Waals surface area contributed by atoms with Crippen LogP contribution in [0.25, 0.3) is 0 Å². The fraction of sp³-hybridized carbons (Fsp3) is 0.462. The Kier molecular flexibility index (Phi) is 4.32. The molecule has 0 aliphatic carbocycles. The van der Waals surface area contributed by atoms with Gasteiger partial charge in [0.15, 0.2) is 0 Å². The van der Waals surface area contributed by atoms with Crippen molar-refractivity contribution in [2.45, 2.75) is 39.5 Å². The van der Waals surface area contributed by atoms with Crippen LogP contribution in [0.4, 0.5) is 5.69 Å². The van der Waals surface area contributed by atoms with Crippen LogP contribution in [0, 0.1) is 19.3 Å². The molecule has 0 radical (unpaired) electrons. The maximum Gasteiger partial charge on any atom is 0.261 e. The van der Waals surface area contributed by atoms with Gasteiger partial charge < -0.3 is 5.32 Å². The number of hydrogen-bond acceptors (Lipinski definition) is 3. The van der Waals surface area contributed by atoms with Crippen molar-refractivity contribution in [2.24, 2.45) is 5.41 Å². The van der Waals surface area contributed by atoms with Crippen molar-refractivity contribution >= 4 is 31.3 Å². The molecule has 0 aromatic heterocycles. The summed E-state index contributed by atoms with van der Waals surface area (Å²) in [6.45, 7) is 8.90. The largest absolute Gasteiger partial charge is 0.325 e. The van der Waals surface area contributed by atoms with E-state index in [-0.39, 0.29) is 10.8 Å². The quantitative estimate of drug-likeness (QED) is 0.853. The second-order valence-electron chi connectivity index (χ2n) is 5.57. The van der Waals surface area contributed by atoms with Crippen molar-refractivity contribution in [3.63, 3.8) is 0 Å². The third kappa shape index (κ3) is 3.94. The van der Waals surface area contributed by atoms with Crippen molar-refractivity contribution in [2.75, 3.05) is 5.32 Å². The second kappa shape index (κ2) is 5.13. The van der Waals surface area contributed by atoms with E-state index in [0.29, 0.717) is 16.8 Å². The molecule has 1 rings (SSSR count). The van der Waals surface area contributed by atoms with Crippen LogP contribution in [-0.4, -0.2) is 14.3 Å². The van der Waals surface area contributed by atoms with Gasteiger partial charge in [0.25, 0.3) is 9.05 Å². The fourth-order valence-corrected chi connectivity index (χ4v) is 2.47. The minimum absolute atomic E-state index is 0.0397. The number of hydrogen-bond donors (Lipinski definition) is 1. The van der Waals surface area contributed by atoms with Crippen LogP contribution in [0.2, 0.25) is 0 Å². The Hall–Kier alpha value is -1.07. The first kappa shape index (κ1) is 16.0. The summed E-state index contributed by atoms with van der Waals surface area (Å²) in [4.78, 5) is 12.0. The number of rotatable bonds is 2. The van der Waals surface area contributed by atoms with Crippen molar-refractivity contribution in [1.82, 2.24) is 0 Å². The number of benzene rings is 1. The Morgan fingerprint density at radius 2 is 1.58 bits per heavy atom. The SMILES string of the molecule is Cc1cc(S(=O)(=O)Cl)cc(C)c1NC(=O)C(C)(C)C. The lowest BCUT2D eigenvalue weighted by Crippen LogP contribution is -2.28. The van der Waals surface area contributed by atoms with Gasteiger partial charge in [0.1, 0.15) is 0 Å². The standard InChI is InChI=1S/C13H18ClNO3S/c1-8-6-10(19(14,17)18)7-9(2)11(8)15-12(16)13(3,4)5/h6-7H,1-5H3,(H,15,16). The lowest BCUT2D eigenvalue weighted by Gasteiger charge is -2.20. The number of carbonyl (C=O) groups excluding carboxylic acids is 1. The van der Waals surface area contributed by atoms with E-state index in [2.05, 4.69) is 5.32 Å². The zero-order chi connectivity index (χ0) is 15.0. The molecule has 0 spiro atoms. The summed E-state index contributed by atoms with van der Waals surface area (Å²) in [5.74, 6) is -0.125. The molecule has 0 aliphatic rings. The van der Waals surface area contributed by atoms with E-state index in [4.69, 9.17) is 10.7 Å². The van der Waals surface area contributed by atoms with Crippen LogP contribution in [0.15, 0.2) is 17.0 Å². The molecule has 0 saturated carbocycles. The molecule has 0 heterocycles. The van der Waals surface area contributed by atoms with Crippen LogP contribution >= 0.6 is 10.7 Å². The van der Waals surface area contributed by atoms with Gasteiger partial charge in [-0.1, -0.05) is 20.8 Å². The van der Waals surface area contributed by atoms with Crippen molar-refractivity contribution < 1.29 is 13.2 Å². The van der Waals surface area contributed by atoms with Gasteiger partial charge in [-0.2, -0.15) is 0 Å². The van der Waals surface area contributed by atoms with E-state index in [1.54, 1.807) is 13.8 Å². The van der Waals surface area contributed by atoms with Gasteiger partial charge in [-0.25, -0.2) is 8.42 Å². The van der Waals surface area contributed by atoms with Crippen LogP contribution < -0.4 is 5.32 Å². The first-order chi connectivity index (χ1) is 8.43. The van der Waals surface area contributed by atoms with Gasteiger partial charge in [-0.3, -0.25) is 4.79 Å². The van der Waals surface area contributed by atoms with E-state index in [0.717, 1.165) is 0 Å². The second-order valence-corrected chi connectivity index (χ2v) is 8.14. The van der Waals surface area contributed by atoms with Crippen molar-refractivity contribution in [1.29, 1.82) is 0 Å². The predicted octanol–water partition coefficient (Wildman–Crippen LogP) is 3.22. The van der Waals surface area contributed by atoms with Gasteiger partial charge in [-0.05, 0) is 37.1 Å². The minimum atomic E-state index is -3.76. The van der Waals surface area contributed by atoms with Crippen LogP contribution in [0.5, 0.6) is 0 Å². The first-order valence-electron chi connectivity index (χ1n) is 5.80. The summed E-state index contributed by atoms with van der Waals surface area (Å²) in [6, 6.07) is 2.90. The molecule has 0 bridgehead atoms. The first-order valence-corrected chi connectivity index (χ1v) is 8.11. The summed E-state index contributed by atoms with van der Waals surface area (Å²) in [7, 11) is 1.56. The monoisotopic (exact) mass is 303 g/mol. The summed E-state index contributed by atoms with van der Waals surface area (Å²) in [6.07, 6.45) is 0. The van der Waals surface area contributed by atoms with E-state index in [1.165, 1.54) is 12.1 Å². The van der Waals surface area contributed by atoms with E-state index in [9.17, 15) is 13.2 Å². The number of anilines is 1. The van der Waals surface area contributed by atoms with Gasteiger partial charge in [-0.15, -0.1) is 0 Å². The lowest BCUT2D eigenvalue weighted by atomic mass is 9.95. The van der Waals surface area contributed by atoms with Gasteiger partial charge in [0, 0.05) is 21.8 Å². The molecule has 1 aromatic carbocycles. The van der Waals surface area contributed by atoms with Gasteiger partial charge in [0.05, 0.1) is 4.90 Å². The Morgan fingerprint density at radius 1 is 1.16 bits per heavy atom. The molecule has 0 atom stereocenters. The number of amides is 1. The summed E-state index contributed by atoms with van der Waals surface area (Å²) < 4.78 is 22.6. The Balaban J connectivity index is 3.23. The zero-order valence-electron chi connectivity index (χ0n) is 11.7. The zero-order valence-corrected chi connectivity index (χ0v) is 13.2.